The molecular weight excluding hydrogens is 453 g/mol. The Morgan fingerprint density at radius 2 is 1.31 bits per heavy atom. The summed E-state index contributed by atoms with van der Waals surface area (Å²) >= 11 is 0. The largest absolute Gasteiger partial charge is 1.00 e. The average molecular weight is 496 g/mol. The van der Waals surface area contributed by atoms with Crippen LogP contribution in [-0.2, 0) is 17.7 Å². The zero-order valence-electron chi connectivity index (χ0n) is 18.4. The molecule has 6 nitrogen and oxygen atoms in total. The average Bonchev–Trinajstić information content (AvgIpc) is 3.08. The highest BCUT2D eigenvalue weighted by Crippen LogP contribution is 2.34. The van der Waals surface area contributed by atoms with Crippen molar-refractivity contribution in [3.05, 3.63) is 12.4 Å². The maximum atomic E-state index is 10.8. The second kappa shape index (κ2) is 18.5. The van der Waals surface area contributed by atoms with E-state index in [1.54, 1.807) is 4.68 Å². The fourth-order valence-electron chi connectivity index (χ4n) is 3.51. The van der Waals surface area contributed by atoms with Crippen LogP contribution in [0.15, 0.2) is 12.4 Å². The molecule has 0 aliphatic heterocycles. The molecule has 0 atom stereocenters. The Hall–Kier alpha value is -0.230. The van der Waals surface area contributed by atoms with Gasteiger partial charge in [-0.25, -0.2) is 0 Å². The van der Waals surface area contributed by atoms with Gasteiger partial charge in [0.1, 0.15) is 13.1 Å². The minimum absolute atomic E-state index is 0. The molecule has 1 heterocycles. The number of hydrogen-bond donors (Lipinski definition) is 2. The Morgan fingerprint density at radius 1 is 0.828 bits per heavy atom. The van der Waals surface area contributed by atoms with Gasteiger partial charge in [0.25, 0.3) is 0 Å². The van der Waals surface area contributed by atoms with Gasteiger partial charge in [-0.2, -0.15) is 0 Å². The van der Waals surface area contributed by atoms with Crippen LogP contribution in [0.3, 0.4) is 0 Å². The number of rotatable bonds is 19. The smallest absolute Gasteiger partial charge is 0.325 e. The highest BCUT2D eigenvalue weighted by Gasteiger charge is 2.13. The molecule has 0 aliphatic rings. The van der Waals surface area contributed by atoms with Gasteiger partial charge in [-0.15, -0.1) is 9.36 Å². The van der Waals surface area contributed by atoms with E-state index in [4.69, 9.17) is 9.79 Å². The summed E-state index contributed by atoms with van der Waals surface area (Å²) in [7, 11) is -3.89. The van der Waals surface area contributed by atoms with Crippen molar-refractivity contribution in [2.24, 2.45) is 0 Å². The highest BCUT2D eigenvalue weighted by atomic mass is 79.9. The molecule has 0 amide bonds. The number of hydrogen-bond acceptors (Lipinski definition) is 2. The molecule has 0 saturated heterocycles. The molecule has 1 aromatic rings. The zero-order valence-corrected chi connectivity index (χ0v) is 20.8. The van der Waals surface area contributed by atoms with Gasteiger partial charge in [-0.3, -0.25) is 4.57 Å². The van der Waals surface area contributed by atoms with Gasteiger partial charge in [-0.05, 0) is 19.3 Å². The van der Waals surface area contributed by atoms with Gasteiger partial charge in [0.2, 0.25) is 0 Å². The van der Waals surface area contributed by atoms with Crippen molar-refractivity contribution in [3.63, 3.8) is 0 Å². The van der Waals surface area contributed by atoms with Crippen LogP contribution in [-0.4, -0.2) is 25.8 Å². The van der Waals surface area contributed by atoms with E-state index in [2.05, 4.69) is 12.1 Å². The lowest BCUT2D eigenvalue weighted by atomic mass is 10.0. The number of nitrogens with zero attached hydrogens (tertiary/aromatic N) is 3. The highest BCUT2D eigenvalue weighted by molar-refractivity contribution is 7.51. The summed E-state index contributed by atoms with van der Waals surface area (Å²) in [5.41, 5.74) is 0. The molecule has 0 fully saturated rings. The summed E-state index contributed by atoms with van der Waals surface area (Å²) in [6, 6.07) is 0. The molecular formula is C21H43BrN3O3P. The Morgan fingerprint density at radius 3 is 1.79 bits per heavy atom. The first-order chi connectivity index (χ1) is 13.5. The summed E-state index contributed by atoms with van der Waals surface area (Å²) < 4.78 is 14.5. The van der Waals surface area contributed by atoms with Crippen LogP contribution < -0.4 is 21.7 Å². The molecule has 2 N–H and O–H groups in total. The standard InChI is InChI=1S/C21H42N3O3P.BrH/c1-2-3-4-5-6-7-8-9-10-11-12-13-14-15-17-23-19-20-24(22-23)18-16-21-28(25,26)27;/h19-20H,2-18,21H2,1H3,(H-,25,26,27);1H. The first-order valence-corrected chi connectivity index (χ1v) is 13.3. The third kappa shape index (κ3) is 18.3. The quantitative estimate of drug-likeness (QED) is 0.175. The van der Waals surface area contributed by atoms with E-state index in [-0.39, 0.29) is 23.1 Å². The lowest BCUT2D eigenvalue weighted by molar-refractivity contribution is -0.755. The minimum Gasteiger partial charge on any atom is -1.00 e. The van der Waals surface area contributed by atoms with E-state index in [1.165, 1.54) is 83.5 Å². The molecule has 0 radical (unpaired) electrons. The molecule has 0 aliphatic carbocycles. The number of aromatic nitrogens is 3. The number of unbranched alkanes of at least 4 members (excludes halogenated alkanes) is 13. The van der Waals surface area contributed by atoms with E-state index >= 15 is 0 Å². The summed E-state index contributed by atoms with van der Waals surface area (Å²) in [6.07, 6.45) is 23.3. The first-order valence-electron chi connectivity index (χ1n) is 11.5. The fourth-order valence-corrected chi connectivity index (χ4v) is 4.06. The predicted molar refractivity (Wildman–Crippen MR) is 114 cm³/mol. The van der Waals surface area contributed by atoms with Crippen LogP contribution in [0.25, 0.3) is 0 Å². The molecule has 0 saturated carbocycles. The van der Waals surface area contributed by atoms with Gasteiger partial charge >= 0.3 is 7.60 Å². The molecule has 0 spiro atoms. The lowest BCUT2D eigenvalue weighted by Crippen LogP contribution is -3.00. The lowest BCUT2D eigenvalue weighted by Gasteiger charge is -2.02. The van der Waals surface area contributed by atoms with Gasteiger partial charge in [0.05, 0.1) is 11.4 Å². The molecule has 0 bridgehead atoms. The van der Waals surface area contributed by atoms with E-state index in [1.807, 2.05) is 17.1 Å². The van der Waals surface area contributed by atoms with Crippen LogP contribution in [0.1, 0.15) is 103 Å². The van der Waals surface area contributed by atoms with Crippen molar-refractivity contribution in [2.75, 3.05) is 6.16 Å². The van der Waals surface area contributed by atoms with Crippen LogP contribution in [0.5, 0.6) is 0 Å². The molecule has 1 rings (SSSR count). The second-order valence-corrected chi connectivity index (χ2v) is 9.83. The monoisotopic (exact) mass is 495 g/mol. The molecule has 1 aromatic heterocycles. The minimum atomic E-state index is -3.89. The normalized spacial score (nSPS) is 11.6. The van der Waals surface area contributed by atoms with E-state index < -0.39 is 7.60 Å². The third-order valence-electron chi connectivity index (χ3n) is 5.22. The summed E-state index contributed by atoms with van der Waals surface area (Å²) in [5, 5.41) is 4.41. The van der Waals surface area contributed by atoms with Crippen molar-refractivity contribution in [2.45, 2.75) is 116 Å². The van der Waals surface area contributed by atoms with Crippen molar-refractivity contribution in [1.82, 2.24) is 9.90 Å². The fraction of sp³-hybridized carbons (Fsp3) is 0.905. The van der Waals surface area contributed by atoms with Crippen molar-refractivity contribution in [3.8, 4) is 0 Å². The van der Waals surface area contributed by atoms with E-state index in [0.29, 0.717) is 13.0 Å². The third-order valence-corrected chi connectivity index (χ3v) is 6.12. The van der Waals surface area contributed by atoms with Crippen LogP contribution in [0.2, 0.25) is 0 Å². The number of halogens is 1. The van der Waals surface area contributed by atoms with Gasteiger partial charge in [-0.1, -0.05) is 84.0 Å². The zero-order chi connectivity index (χ0) is 20.5. The van der Waals surface area contributed by atoms with Gasteiger partial charge in [0, 0.05) is 0 Å². The first kappa shape index (κ1) is 28.8. The van der Waals surface area contributed by atoms with Crippen LogP contribution in [0, 0.1) is 0 Å². The van der Waals surface area contributed by atoms with E-state index in [0.717, 1.165) is 13.0 Å². The topological polar surface area (TPSA) is 79.2 Å². The SMILES string of the molecule is CCCCCCCCCCCCCCCCn1cc[n+](CCCP(=O)(O)O)n1.[Br-]. The predicted octanol–water partition coefficient (Wildman–Crippen LogP) is 2.22. The van der Waals surface area contributed by atoms with Crippen LogP contribution >= 0.6 is 7.60 Å². The summed E-state index contributed by atoms with van der Waals surface area (Å²) in [4.78, 5) is 17.7. The maximum Gasteiger partial charge on any atom is 0.325 e. The molecule has 8 heteroatoms. The maximum absolute atomic E-state index is 10.8. The molecule has 172 valence electrons. The Kier molecular flexibility index (Phi) is 18.4. The van der Waals surface area contributed by atoms with Gasteiger partial charge < -0.3 is 26.8 Å². The summed E-state index contributed by atoms with van der Waals surface area (Å²) in [5.74, 6) is 0. The Labute approximate surface area is 188 Å². The molecule has 29 heavy (non-hydrogen) atoms. The second-order valence-electron chi connectivity index (χ2n) is 8.05. The number of aryl methyl sites for hydroxylation is 2. The Bertz CT molecular complexity index is 537. The van der Waals surface area contributed by atoms with Gasteiger partial charge in [0.15, 0.2) is 12.4 Å². The molecule has 0 aromatic carbocycles. The van der Waals surface area contributed by atoms with Crippen molar-refractivity contribution in [1.29, 1.82) is 0 Å². The van der Waals surface area contributed by atoms with E-state index in [9.17, 15) is 4.57 Å². The van der Waals surface area contributed by atoms with Crippen molar-refractivity contribution < 1.29 is 36.0 Å². The molecule has 0 unspecified atom stereocenters. The van der Waals surface area contributed by atoms with Crippen molar-refractivity contribution >= 4 is 7.60 Å². The summed E-state index contributed by atoms with van der Waals surface area (Å²) in [6.45, 7) is 3.74. The Balaban J connectivity index is 0.00000784. The van der Waals surface area contributed by atoms with Crippen LogP contribution in [0.4, 0.5) is 0 Å².